The van der Waals surface area contributed by atoms with Crippen molar-refractivity contribution in [3.05, 3.63) is 23.8 Å². The summed E-state index contributed by atoms with van der Waals surface area (Å²) in [5.74, 6) is 1.70. The van der Waals surface area contributed by atoms with Crippen molar-refractivity contribution < 1.29 is 9.47 Å². The van der Waals surface area contributed by atoms with Crippen molar-refractivity contribution in [3.8, 4) is 11.5 Å². The molecule has 1 aliphatic carbocycles. The smallest absolute Gasteiger partial charge is 0.123 e. The van der Waals surface area contributed by atoms with Crippen molar-refractivity contribution in [3.63, 3.8) is 0 Å². The molecule has 4 heteroatoms. The summed E-state index contributed by atoms with van der Waals surface area (Å²) in [5.41, 5.74) is 7.36. The van der Waals surface area contributed by atoms with E-state index in [4.69, 9.17) is 15.2 Å². The highest BCUT2D eigenvalue weighted by Gasteiger charge is 2.48. The third-order valence-corrected chi connectivity index (χ3v) is 3.62. The van der Waals surface area contributed by atoms with E-state index >= 15 is 0 Å². The summed E-state index contributed by atoms with van der Waals surface area (Å²) < 4.78 is 10.8. The first-order valence-corrected chi connectivity index (χ1v) is 6.19. The minimum absolute atomic E-state index is 0.136. The molecular formula is C14H22N2O2. The molecule has 0 amide bonds. The fraction of sp³-hybridized carbons (Fsp3) is 0.571. The number of nitrogens with two attached hydrogens (primary N) is 1. The van der Waals surface area contributed by atoms with E-state index in [1.54, 1.807) is 14.2 Å². The van der Waals surface area contributed by atoms with Crippen molar-refractivity contribution in [1.82, 2.24) is 4.90 Å². The van der Waals surface area contributed by atoms with Gasteiger partial charge in [0.1, 0.15) is 11.5 Å². The number of likely N-dealkylation sites (N-methyl/N-ethyl adjacent to an activating group) is 1. The highest BCUT2D eigenvalue weighted by Crippen LogP contribution is 2.48. The molecule has 1 aromatic rings. The van der Waals surface area contributed by atoms with Crippen LogP contribution in [-0.4, -0.2) is 38.8 Å². The van der Waals surface area contributed by atoms with Crippen LogP contribution in [0, 0.1) is 0 Å². The largest absolute Gasteiger partial charge is 0.497 e. The summed E-state index contributed by atoms with van der Waals surface area (Å²) in [6.45, 7) is 0. The Morgan fingerprint density at radius 3 is 2.33 bits per heavy atom. The number of methoxy groups -OCH3 is 2. The van der Waals surface area contributed by atoms with Gasteiger partial charge in [0.15, 0.2) is 0 Å². The SMILES string of the molecule is COc1ccc(OC)c(C(N(C)C)C2(N)CC2)c1. The number of hydrogen-bond donors (Lipinski definition) is 1. The first-order chi connectivity index (χ1) is 8.51. The molecule has 1 saturated carbocycles. The van der Waals surface area contributed by atoms with Gasteiger partial charge in [0.05, 0.1) is 20.3 Å². The Morgan fingerprint density at radius 1 is 1.22 bits per heavy atom. The van der Waals surface area contributed by atoms with Crippen LogP contribution in [0.15, 0.2) is 18.2 Å². The average Bonchev–Trinajstić information content (AvgIpc) is 3.07. The zero-order valence-electron chi connectivity index (χ0n) is 11.6. The van der Waals surface area contributed by atoms with Crippen molar-refractivity contribution >= 4 is 0 Å². The van der Waals surface area contributed by atoms with Crippen LogP contribution >= 0.6 is 0 Å². The minimum atomic E-state index is -0.136. The van der Waals surface area contributed by atoms with Gasteiger partial charge in [0, 0.05) is 11.1 Å². The van der Waals surface area contributed by atoms with E-state index in [2.05, 4.69) is 19.0 Å². The van der Waals surface area contributed by atoms with Gasteiger partial charge in [-0.1, -0.05) is 0 Å². The summed E-state index contributed by atoms with van der Waals surface area (Å²) in [7, 11) is 7.47. The Labute approximate surface area is 109 Å². The third-order valence-electron chi connectivity index (χ3n) is 3.62. The molecule has 0 spiro atoms. The average molecular weight is 250 g/mol. The van der Waals surface area contributed by atoms with Gasteiger partial charge >= 0.3 is 0 Å². The summed E-state index contributed by atoms with van der Waals surface area (Å²) in [6.07, 6.45) is 2.10. The monoisotopic (exact) mass is 250 g/mol. The van der Waals surface area contributed by atoms with E-state index in [1.165, 1.54) is 0 Å². The highest BCUT2D eigenvalue weighted by atomic mass is 16.5. The predicted octanol–water partition coefficient (Wildman–Crippen LogP) is 1.80. The van der Waals surface area contributed by atoms with E-state index in [9.17, 15) is 0 Å². The number of hydrogen-bond acceptors (Lipinski definition) is 4. The number of rotatable bonds is 5. The van der Waals surface area contributed by atoms with Crippen molar-refractivity contribution in [2.24, 2.45) is 5.73 Å². The first-order valence-electron chi connectivity index (χ1n) is 6.19. The molecule has 100 valence electrons. The molecule has 2 rings (SSSR count). The summed E-state index contributed by atoms with van der Waals surface area (Å²) in [4.78, 5) is 2.16. The second-order valence-corrected chi connectivity index (χ2v) is 5.21. The maximum absolute atomic E-state index is 6.40. The quantitative estimate of drug-likeness (QED) is 0.865. The molecule has 0 saturated heterocycles. The lowest BCUT2D eigenvalue weighted by Crippen LogP contribution is -2.39. The second-order valence-electron chi connectivity index (χ2n) is 5.21. The molecule has 0 aromatic heterocycles. The van der Waals surface area contributed by atoms with Crippen LogP contribution in [0.1, 0.15) is 24.4 Å². The van der Waals surface area contributed by atoms with Crippen LogP contribution in [0.25, 0.3) is 0 Å². The van der Waals surface area contributed by atoms with E-state index in [-0.39, 0.29) is 11.6 Å². The first kappa shape index (κ1) is 13.2. The number of ether oxygens (including phenoxy) is 2. The van der Waals surface area contributed by atoms with Gasteiger partial charge in [0.2, 0.25) is 0 Å². The van der Waals surface area contributed by atoms with E-state index in [1.807, 2.05) is 18.2 Å². The van der Waals surface area contributed by atoms with Gasteiger partial charge in [-0.05, 0) is 45.1 Å². The van der Waals surface area contributed by atoms with Gasteiger partial charge < -0.3 is 20.1 Å². The molecule has 1 fully saturated rings. The lowest BCUT2D eigenvalue weighted by Gasteiger charge is -2.31. The van der Waals surface area contributed by atoms with Gasteiger partial charge in [-0.3, -0.25) is 0 Å². The molecule has 2 N–H and O–H groups in total. The zero-order chi connectivity index (χ0) is 13.3. The van der Waals surface area contributed by atoms with Gasteiger partial charge in [-0.15, -0.1) is 0 Å². The predicted molar refractivity (Wildman–Crippen MR) is 72.1 cm³/mol. The lowest BCUT2D eigenvalue weighted by molar-refractivity contribution is 0.238. The molecule has 0 heterocycles. The van der Waals surface area contributed by atoms with Crippen molar-refractivity contribution in [1.29, 1.82) is 0 Å². The maximum Gasteiger partial charge on any atom is 0.123 e. The summed E-state index contributed by atoms with van der Waals surface area (Å²) >= 11 is 0. The fourth-order valence-corrected chi connectivity index (χ4v) is 2.57. The molecular weight excluding hydrogens is 228 g/mol. The summed E-state index contributed by atoms with van der Waals surface area (Å²) in [6, 6.07) is 6.03. The lowest BCUT2D eigenvalue weighted by atomic mass is 9.95. The van der Waals surface area contributed by atoms with Crippen LogP contribution in [-0.2, 0) is 0 Å². The van der Waals surface area contributed by atoms with Gasteiger partial charge in [-0.2, -0.15) is 0 Å². The van der Waals surface area contributed by atoms with E-state index in [0.717, 1.165) is 29.9 Å². The Bertz CT molecular complexity index is 428. The Hall–Kier alpha value is -1.26. The normalized spacial score (nSPS) is 18.6. The zero-order valence-corrected chi connectivity index (χ0v) is 11.6. The molecule has 1 aromatic carbocycles. The van der Waals surface area contributed by atoms with Crippen LogP contribution in [0.3, 0.4) is 0 Å². The third kappa shape index (κ3) is 2.31. The van der Waals surface area contributed by atoms with Crippen LogP contribution in [0.4, 0.5) is 0 Å². The minimum Gasteiger partial charge on any atom is -0.497 e. The van der Waals surface area contributed by atoms with Gasteiger partial charge in [0.25, 0.3) is 0 Å². The molecule has 18 heavy (non-hydrogen) atoms. The van der Waals surface area contributed by atoms with E-state index in [0.29, 0.717) is 0 Å². The molecule has 1 unspecified atom stereocenters. The molecule has 1 aliphatic rings. The Morgan fingerprint density at radius 2 is 1.89 bits per heavy atom. The number of benzene rings is 1. The van der Waals surface area contributed by atoms with Crippen LogP contribution < -0.4 is 15.2 Å². The van der Waals surface area contributed by atoms with Gasteiger partial charge in [-0.25, -0.2) is 0 Å². The molecule has 4 nitrogen and oxygen atoms in total. The topological polar surface area (TPSA) is 47.7 Å². The Kier molecular flexibility index (Phi) is 3.50. The number of nitrogens with zero attached hydrogens (tertiary/aromatic N) is 1. The standard InChI is InChI=1S/C14H22N2O2/c1-16(2)13(14(15)7-8-14)11-9-10(17-3)5-6-12(11)18-4/h5-6,9,13H,7-8,15H2,1-4H3. The fourth-order valence-electron chi connectivity index (χ4n) is 2.57. The molecule has 0 aliphatic heterocycles. The van der Waals surface area contributed by atoms with Crippen molar-refractivity contribution in [2.75, 3.05) is 28.3 Å². The summed E-state index contributed by atoms with van der Waals surface area (Å²) in [5, 5.41) is 0. The van der Waals surface area contributed by atoms with Crippen LogP contribution in [0.5, 0.6) is 11.5 Å². The molecule has 0 radical (unpaired) electrons. The van der Waals surface area contributed by atoms with Crippen molar-refractivity contribution in [2.45, 2.75) is 24.4 Å². The maximum atomic E-state index is 6.40. The van der Waals surface area contributed by atoms with E-state index < -0.39 is 0 Å². The van der Waals surface area contributed by atoms with Crippen LogP contribution in [0.2, 0.25) is 0 Å². The molecule has 1 atom stereocenters. The Balaban J connectivity index is 2.45. The highest BCUT2D eigenvalue weighted by molar-refractivity contribution is 5.44. The second kappa shape index (κ2) is 4.78. The molecule has 0 bridgehead atoms.